The monoisotopic (exact) mass is 359 g/mol. The van der Waals surface area contributed by atoms with E-state index in [9.17, 15) is 4.79 Å². The molecule has 3 heterocycles. The minimum absolute atomic E-state index is 0. The first kappa shape index (κ1) is 17.7. The van der Waals surface area contributed by atoms with E-state index in [0.717, 1.165) is 37.6 Å². The summed E-state index contributed by atoms with van der Waals surface area (Å²) < 4.78 is 2.43. The van der Waals surface area contributed by atoms with Crippen LogP contribution in [0.25, 0.3) is 9.40 Å². The fraction of sp³-hybridized carbons (Fsp3) is 0.533. The largest absolute Gasteiger partial charge is 0.335 e. The third-order valence-corrected chi connectivity index (χ3v) is 5.72. The van der Waals surface area contributed by atoms with Crippen LogP contribution in [0.5, 0.6) is 0 Å². The minimum atomic E-state index is -0.176. The quantitative estimate of drug-likeness (QED) is 0.916. The van der Waals surface area contributed by atoms with Crippen molar-refractivity contribution < 1.29 is 4.79 Å². The molecule has 1 aliphatic rings. The average molecular weight is 360 g/mol. The highest BCUT2D eigenvalue weighted by atomic mass is 35.5. The predicted molar refractivity (Wildman–Crippen MR) is 97.6 cm³/mol. The summed E-state index contributed by atoms with van der Waals surface area (Å²) in [4.78, 5) is 17.7. The van der Waals surface area contributed by atoms with E-state index >= 15 is 0 Å². The molecule has 0 spiro atoms. The molecule has 122 valence electrons. The van der Waals surface area contributed by atoms with Crippen LogP contribution in [0.4, 0.5) is 0 Å². The standard InChI is InChI=1S/C15H21N3OS2.ClH/c1-15(2,16)10-17-4-6-18(7-5-17)14(19)13-9-12-11(21-13)3-8-20-12;/h3,8-9H,4-7,10,16H2,1-2H3;1H. The summed E-state index contributed by atoms with van der Waals surface area (Å²) in [7, 11) is 0. The van der Waals surface area contributed by atoms with Gasteiger partial charge in [-0.05, 0) is 31.4 Å². The van der Waals surface area contributed by atoms with E-state index in [0.29, 0.717) is 0 Å². The van der Waals surface area contributed by atoms with E-state index < -0.39 is 0 Å². The molecule has 4 nitrogen and oxygen atoms in total. The normalized spacial score (nSPS) is 16.8. The summed E-state index contributed by atoms with van der Waals surface area (Å²) in [6.07, 6.45) is 0. The first-order chi connectivity index (χ1) is 9.92. The summed E-state index contributed by atoms with van der Waals surface area (Å²) in [6, 6.07) is 4.12. The Morgan fingerprint density at radius 2 is 1.95 bits per heavy atom. The SMILES string of the molecule is CC(C)(N)CN1CCN(C(=O)c2cc3sccc3s2)CC1.Cl. The van der Waals surface area contributed by atoms with Crippen LogP contribution in [-0.2, 0) is 0 Å². The second-order valence-electron chi connectivity index (χ2n) is 6.32. The number of rotatable bonds is 3. The maximum atomic E-state index is 12.6. The van der Waals surface area contributed by atoms with Crippen LogP contribution >= 0.6 is 35.1 Å². The number of nitrogens with zero attached hydrogens (tertiary/aromatic N) is 2. The molecule has 7 heteroatoms. The van der Waals surface area contributed by atoms with E-state index in [1.807, 2.05) is 24.8 Å². The van der Waals surface area contributed by atoms with Crippen molar-refractivity contribution in [2.24, 2.45) is 5.73 Å². The molecule has 1 amide bonds. The number of amides is 1. The Hall–Kier alpha value is -0.660. The molecule has 0 aromatic carbocycles. The summed E-state index contributed by atoms with van der Waals surface area (Å²) in [5.74, 6) is 0.176. The van der Waals surface area contributed by atoms with E-state index in [1.54, 1.807) is 22.7 Å². The third kappa shape index (κ3) is 4.00. The summed E-state index contributed by atoms with van der Waals surface area (Å²) in [6.45, 7) is 8.37. The lowest BCUT2D eigenvalue weighted by atomic mass is 10.1. The maximum absolute atomic E-state index is 12.6. The summed E-state index contributed by atoms with van der Waals surface area (Å²) in [5.41, 5.74) is 5.89. The molecule has 0 unspecified atom stereocenters. The summed E-state index contributed by atoms with van der Waals surface area (Å²) in [5, 5.41) is 2.07. The topological polar surface area (TPSA) is 49.6 Å². The van der Waals surface area contributed by atoms with Gasteiger partial charge in [0.05, 0.1) is 4.88 Å². The number of halogens is 1. The van der Waals surface area contributed by atoms with Crippen LogP contribution in [0, 0.1) is 0 Å². The Morgan fingerprint density at radius 1 is 1.27 bits per heavy atom. The molecule has 0 radical (unpaired) electrons. The molecule has 2 N–H and O–H groups in total. The van der Waals surface area contributed by atoms with Crippen LogP contribution in [0.1, 0.15) is 23.5 Å². The van der Waals surface area contributed by atoms with Gasteiger partial charge in [-0.3, -0.25) is 9.69 Å². The lowest BCUT2D eigenvalue weighted by molar-refractivity contribution is 0.0621. The van der Waals surface area contributed by atoms with Crippen molar-refractivity contribution in [3.63, 3.8) is 0 Å². The highest BCUT2D eigenvalue weighted by molar-refractivity contribution is 7.27. The highest BCUT2D eigenvalue weighted by Gasteiger charge is 2.25. The van der Waals surface area contributed by atoms with Gasteiger partial charge in [-0.25, -0.2) is 0 Å². The number of carbonyl (C=O) groups is 1. The van der Waals surface area contributed by atoms with E-state index in [4.69, 9.17) is 5.73 Å². The molecular weight excluding hydrogens is 338 g/mol. The van der Waals surface area contributed by atoms with Crippen molar-refractivity contribution in [3.8, 4) is 0 Å². The van der Waals surface area contributed by atoms with Crippen LogP contribution in [-0.4, -0.2) is 54.0 Å². The molecule has 0 saturated carbocycles. The summed E-state index contributed by atoms with van der Waals surface area (Å²) >= 11 is 3.30. The molecule has 1 aliphatic heterocycles. The molecule has 3 rings (SSSR count). The second kappa shape index (κ2) is 6.84. The zero-order valence-corrected chi connectivity index (χ0v) is 15.3. The Balaban J connectivity index is 0.00000176. The molecule has 1 fully saturated rings. The van der Waals surface area contributed by atoms with Gasteiger partial charge >= 0.3 is 0 Å². The predicted octanol–water partition coefficient (Wildman–Crippen LogP) is 2.88. The fourth-order valence-corrected chi connectivity index (χ4v) is 4.79. The van der Waals surface area contributed by atoms with Crippen molar-refractivity contribution in [3.05, 3.63) is 22.4 Å². The van der Waals surface area contributed by atoms with Gasteiger partial charge in [-0.15, -0.1) is 35.1 Å². The molecule has 1 saturated heterocycles. The Kier molecular flexibility index (Phi) is 5.50. The van der Waals surface area contributed by atoms with Crippen LogP contribution in [0.15, 0.2) is 17.5 Å². The number of hydrogen-bond donors (Lipinski definition) is 1. The molecule has 0 bridgehead atoms. The van der Waals surface area contributed by atoms with Crippen LogP contribution in [0.2, 0.25) is 0 Å². The van der Waals surface area contributed by atoms with Gasteiger partial charge in [0.1, 0.15) is 0 Å². The Bertz CT molecular complexity index is 610. The maximum Gasteiger partial charge on any atom is 0.264 e. The number of nitrogens with two attached hydrogens (primary N) is 1. The molecule has 2 aromatic heterocycles. The number of thiophene rings is 2. The Labute approximate surface area is 145 Å². The van der Waals surface area contributed by atoms with E-state index in [-0.39, 0.29) is 23.9 Å². The van der Waals surface area contributed by atoms with Crippen LogP contribution in [0.3, 0.4) is 0 Å². The van der Waals surface area contributed by atoms with Crippen molar-refractivity contribution in [2.75, 3.05) is 32.7 Å². The number of piperazine rings is 1. The van der Waals surface area contributed by atoms with Gasteiger partial charge in [0.15, 0.2) is 0 Å². The van der Waals surface area contributed by atoms with Gasteiger partial charge < -0.3 is 10.6 Å². The van der Waals surface area contributed by atoms with Gasteiger partial charge in [-0.2, -0.15) is 0 Å². The lowest BCUT2D eigenvalue weighted by Crippen LogP contribution is -2.54. The molecule has 2 aromatic rings. The first-order valence-corrected chi connectivity index (χ1v) is 8.89. The number of fused-ring (bicyclic) bond motifs is 1. The molecule has 22 heavy (non-hydrogen) atoms. The van der Waals surface area contributed by atoms with Crippen molar-refractivity contribution in [2.45, 2.75) is 19.4 Å². The van der Waals surface area contributed by atoms with Crippen LogP contribution < -0.4 is 5.73 Å². The number of hydrogen-bond acceptors (Lipinski definition) is 5. The fourth-order valence-electron chi connectivity index (χ4n) is 2.71. The van der Waals surface area contributed by atoms with Gasteiger partial charge in [0.25, 0.3) is 5.91 Å². The number of carbonyl (C=O) groups excluding carboxylic acids is 1. The van der Waals surface area contributed by atoms with E-state index in [1.165, 1.54) is 9.40 Å². The minimum Gasteiger partial charge on any atom is -0.335 e. The second-order valence-corrected chi connectivity index (χ2v) is 8.35. The lowest BCUT2D eigenvalue weighted by Gasteiger charge is -2.37. The van der Waals surface area contributed by atoms with Crippen molar-refractivity contribution >= 4 is 50.4 Å². The van der Waals surface area contributed by atoms with Crippen molar-refractivity contribution in [1.82, 2.24) is 9.80 Å². The van der Waals surface area contributed by atoms with Gasteiger partial charge in [-0.1, -0.05) is 0 Å². The molecule has 0 atom stereocenters. The molecular formula is C15H22ClN3OS2. The van der Waals surface area contributed by atoms with E-state index in [2.05, 4.69) is 16.3 Å². The third-order valence-electron chi connectivity index (χ3n) is 3.64. The van der Waals surface area contributed by atoms with Crippen molar-refractivity contribution in [1.29, 1.82) is 0 Å². The zero-order chi connectivity index (χ0) is 15.0. The smallest absolute Gasteiger partial charge is 0.264 e. The first-order valence-electron chi connectivity index (χ1n) is 7.20. The molecule has 0 aliphatic carbocycles. The zero-order valence-electron chi connectivity index (χ0n) is 12.9. The highest BCUT2D eigenvalue weighted by Crippen LogP contribution is 2.30. The Morgan fingerprint density at radius 3 is 2.55 bits per heavy atom. The van der Waals surface area contributed by atoms with Gasteiger partial charge in [0, 0.05) is 47.7 Å². The van der Waals surface area contributed by atoms with Gasteiger partial charge in [0.2, 0.25) is 0 Å². The average Bonchev–Trinajstić information content (AvgIpc) is 2.97.